The second-order valence-electron chi connectivity index (χ2n) is 4.35. The second-order valence-corrected chi connectivity index (χ2v) is 6.01. The van der Waals surface area contributed by atoms with Crippen LogP contribution >= 0.6 is 0 Å². The first-order chi connectivity index (χ1) is 10.8. The van der Waals surface area contributed by atoms with Crippen LogP contribution in [0.3, 0.4) is 0 Å². The summed E-state index contributed by atoms with van der Waals surface area (Å²) in [5, 5.41) is 32.8. The molecule has 0 saturated heterocycles. The van der Waals surface area contributed by atoms with Gasteiger partial charge in [-0.1, -0.05) is 6.07 Å². The third kappa shape index (κ3) is 3.95. The number of benzene rings is 2. The maximum Gasteiger partial charge on any atom is 0.276 e. The molecular weight excluding hydrogens is 326 g/mol. The molecule has 2 aromatic rings. The Kier molecular flexibility index (Phi) is 4.46. The monoisotopic (exact) mass is 337 g/mol. The number of nitro groups is 1. The molecule has 120 valence electrons. The van der Waals surface area contributed by atoms with Crippen LogP contribution in [0.1, 0.15) is 5.56 Å². The van der Waals surface area contributed by atoms with Gasteiger partial charge in [0.1, 0.15) is 11.5 Å². The zero-order valence-corrected chi connectivity index (χ0v) is 12.3. The van der Waals surface area contributed by atoms with Gasteiger partial charge in [0.15, 0.2) is 0 Å². The van der Waals surface area contributed by atoms with E-state index in [4.69, 9.17) is 5.11 Å². The van der Waals surface area contributed by atoms with E-state index in [-0.39, 0.29) is 27.6 Å². The highest BCUT2D eigenvalue weighted by molar-refractivity contribution is 7.89. The van der Waals surface area contributed by atoms with Gasteiger partial charge in [-0.05, 0) is 18.2 Å². The van der Waals surface area contributed by atoms with Gasteiger partial charge in [0.05, 0.1) is 16.0 Å². The molecule has 0 aliphatic rings. The number of phenols is 2. The highest BCUT2D eigenvalue weighted by Crippen LogP contribution is 2.21. The molecule has 0 radical (unpaired) electrons. The molecule has 3 N–H and O–H groups in total. The number of hydrogen-bond acceptors (Lipinski definition) is 7. The summed E-state index contributed by atoms with van der Waals surface area (Å²) in [6.07, 6.45) is 1.03. The molecule has 0 fully saturated rings. The lowest BCUT2D eigenvalue weighted by Gasteiger charge is -2.03. The number of nitrogens with one attached hydrogen (secondary N) is 1. The van der Waals surface area contributed by atoms with E-state index >= 15 is 0 Å². The predicted molar refractivity (Wildman–Crippen MR) is 80.8 cm³/mol. The van der Waals surface area contributed by atoms with Crippen LogP contribution in [0.15, 0.2) is 52.5 Å². The molecule has 0 aliphatic heterocycles. The Bertz CT molecular complexity index is 879. The molecule has 0 saturated carbocycles. The van der Waals surface area contributed by atoms with Gasteiger partial charge in [0.2, 0.25) is 0 Å². The SMILES string of the molecule is O=[N+]([O-])c1cccc(S(=O)(=O)NN=Cc2ccc(O)cc2O)c1. The van der Waals surface area contributed by atoms with Gasteiger partial charge >= 0.3 is 0 Å². The zero-order valence-electron chi connectivity index (χ0n) is 11.4. The molecule has 10 heteroatoms. The van der Waals surface area contributed by atoms with Crippen molar-refractivity contribution in [3.63, 3.8) is 0 Å². The second kappa shape index (κ2) is 6.32. The van der Waals surface area contributed by atoms with Gasteiger partial charge in [0.25, 0.3) is 15.7 Å². The van der Waals surface area contributed by atoms with Gasteiger partial charge in [-0.25, -0.2) is 4.83 Å². The number of phenolic OH excluding ortho intramolecular Hbond substituents is 2. The van der Waals surface area contributed by atoms with E-state index in [2.05, 4.69) is 5.10 Å². The van der Waals surface area contributed by atoms with Gasteiger partial charge in [0, 0.05) is 23.8 Å². The highest BCUT2D eigenvalue weighted by atomic mass is 32.2. The molecule has 9 nitrogen and oxygen atoms in total. The average molecular weight is 337 g/mol. The first-order valence-electron chi connectivity index (χ1n) is 6.11. The standard InChI is InChI=1S/C13H11N3O6S/c17-11-5-4-9(13(18)7-11)8-14-15-23(21,22)12-3-1-2-10(6-12)16(19)20/h1-8,15,17-18H. The summed E-state index contributed by atoms with van der Waals surface area (Å²) in [5.74, 6) is -0.444. The van der Waals surface area contributed by atoms with Crippen LogP contribution in [-0.4, -0.2) is 29.8 Å². The number of hydrazone groups is 1. The van der Waals surface area contributed by atoms with E-state index in [9.17, 15) is 23.6 Å². The number of sulfonamides is 1. The molecule has 0 heterocycles. The van der Waals surface area contributed by atoms with Gasteiger partial charge in [-0.2, -0.15) is 13.5 Å². The molecule has 0 bridgehead atoms. The van der Waals surface area contributed by atoms with Crippen LogP contribution < -0.4 is 4.83 Å². The lowest BCUT2D eigenvalue weighted by atomic mass is 10.2. The topological polar surface area (TPSA) is 142 Å². The van der Waals surface area contributed by atoms with Crippen LogP contribution in [0.4, 0.5) is 5.69 Å². The summed E-state index contributed by atoms with van der Waals surface area (Å²) in [5.41, 5.74) is -0.197. The normalized spacial score (nSPS) is 11.5. The predicted octanol–water partition coefficient (Wildman–Crippen LogP) is 1.32. The van der Waals surface area contributed by atoms with Crippen molar-refractivity contribution in [2.75, 3.05) is 0 Å². The molecule has 2 rings (SSSR count). The van der Waals surface area contributed by atoms with Crippen LogP contribution in [0, 0.1) is 10.1 Å². The molecule has 2 aromatic carbocycles. The minimum absolute atomic E-state index is 0.156. The third-order valence-corrected chi connectivity index (χ3v) is 3.95. The van der Waals surface area contributed by atoms with Crippen molar-refractivity contribution in [3.8, 4) is 11.5 Å². The maximum atomic E-state index is 12.0. The largest absolute Gasteiger partial charge is 0.508 e. The van der Waals surface area contributed by atoms with E-state index in [0.717, 1.165) is 24.4 Å². The van der Waals surface area contributed by atoms with Crippen molar-refractivity contribution in [1.29, 1.82) is 0 Å². The molecule has 0 unspecified atom stereocenters. The van der Waals surface area contributed by atoms with Crippen molar-refractivity contribution >= 4 is 21.9 Å². The minimum atomic E-state index is -4.09. The fourth-order valence-electron chi connectivity index (χ4n) is 1.62. The Morgan fingerprint density at radius 2 is 1.91 bits per heavy atom. The fraction of sp³-hybridized carbons (Fsp3) is 0. The average Bonchev–Trinajstić information content (AvgIpc) is 2.49. The van der Waals surface area contributed by atoms with Crippen molar-refractivity contribution in [1.82, 2.24) is 4.83 Å². The summed E-state index contributed by atoms with van der Waals surface area (Å²) in [7, 11) is -4.09. The molecule has 0 aromatic heterocycles. The van der Waals surface area contributed by atoms with Crippen molar-refractivity contribution in [2.24, 2.45) is 5.10 Å². The van der Waals surface area contributed by atoms with Crippen LogP contribution in [0.2, 0.25) is 0 Å². The number of aromatic hydroxyl groups is 2. The first-order valence-corrected chi connectivity index (χ1v) is 7.59. The highest BCUT2D eigenvalue weighted by Gasteiger charge is 2.16. The summed E-state index contributed by atoms with van der Waals surface area (Å²) < 4.78 is 24.0. The number of nitro benzene ring substituents is 1. The number of non-ortho nitro benzene ring substituents is 1. The van der Waals surface area contributed by atoms with Crippen LogP contribution in [-0.2, 0) is 10.0 Å². The minimum Gasteiger partial charge on any atom is -0.508 e. The van der Waals surface area contributed by atoms with E-state index in [1.54, 1.807) is 0 Å². The summed E-state index contributed by atoms with van der Waals surface area (Å²) in [6.45, 7) is 0. The molecule has 23 heavy (non-hydrogen) atoms. The lowest BCUT2D eigenvalue weighted by Crippen LogP contribution is -2.18. The summed E-state index contributed by atoms with van der Waals surface area (Å²) >= 11 is 0. The Hall–Kier alpha value is -3.14. The molecule has 0 amide bonds. The van der Waals surface area contributed by atoms with Gasteiger partial charge < -0.3 is 10.2 Å². The van der Waals surface area contributed by atoms with Gasteiger partial charge in [-0.3, -0.25) is 10.1 Å². The Labute approximate surface area is 130 Å². The number of rotatable bonds is 5. The smallest absolute Gasteiger partial charge is 0.276 e. The van der Waals surface area contributed by atoms with E-state index < -0.39 is 14.9 Å². The zero-order chi connectivity index (χ0) is 17.0. The number of hydrogen-bond donors (Lipinski definition) is 3. The molecule has 0 aliphatic carbocycles. The summed E-state index contributed by atoms with van der Waals surface area (Å²) in [4.78, 5) is 11.5. The molecule has 0 spiro atoms. The maximum absolute atomic E-state index is 12.0. The van der Waals surface area contributed by atoms with Crippen molar-refractivity contribution in [2.45, 2.75) is 4.90 Å². The Morgan fingerprint density at radius 1 is 1.17 bits per heavy atom. The van der Waals surface area contributed by atoms with Crippen molar-refractivity contribution in [3.05, 3.63) is 58.1 Å². The van der Waals surface area contributed by atoms with E-state index in [0.29, 0.717) is 0 Å². The Morgan fingerprint density at radius 3 is 2.57 bits per heavy atom. The quantitative estimate of drug-likeness (QED) is 0.426. The number of nitrogens with zero attached hydrogens (tertiary/aromatic N) is 2. The molecular formula is C13H11N3O6S. The van der Waals surface area contributed by atoms with E-state index in [1.807, 2.05) is 4.83 Å². The first kappa shape index (κ1) is 16.2. The van der Waals surface area contributed by atoms with Crippen molar-refractivity contribution < 1.29 is 23.6 Å². The lowest BCUT2D eigenvalue weighted by molar-refractivity contribution is -0.385. The van der Waals surface area contributed by atoms with E-state index in [1.165, 1.54) is 24.3 Å². The molecule has 0 atom stereocenters. The van der Waals surface area contributed by atoms with Gasteiger partial charge in [-0.15, -0.1) is 0 Å². The third-order valence-electron chi connectivity index (χ3n) is 2.73. The van der Waals surface area contributed by atoms with Crippen LogP contribution in [0.5, 0.6) is 11.5 Å². The van der Waals surface area contributed by atoms with Crippen LogP contribution in [0.25, 0.3) is 0 Å². The fourth-order valence-corrected chi connectivity index (χ4v) is 2.45. The Balaban J connectivity index is 2.20. The summed E-state index contributed by atoms with van der Waals surface area (Å²) in [6, 6.07) is 8.17.